The Kier molecular flexibility index (Phi) is 5.25. The minimum Gasteiger partial charge on any atom is -0.438 e. The van der Waals surface area contributed by atoms with Gasteiger partial charge in [-0.1, -0.05) is 15.9 Å². The second-order valence-electron chi connectivity index (χ2n) is 5.43. The van der Waals surface area contributed by atoms with Crippen molar-refractivity contribution in [2.24, 2.45) is 0 Å². The van der Waals surface area contributed by atoms with E-state index in [0.29, 0.717) is 17.2 Å². The molecule has 120 valence electrons. The van der Waals surface area contributed by atoms with Crippen LogP contribution in [0.5, 0.6) is 11.6 Å². The van der Waals surface area contributed by atoms with Crippen LogP contribution in [0.25, 0.3) is 0 Å². The van der Waals surface area contributed by atoms with Gasteiger partial charge >= 0.3 is 0 Å². The van der Waals surface area contributed by atoms with Gasteiger partial charge in [-0.2, -0.15) is 0 Å². The first-order chi connectivity index (χ1) is 11.2. The SMILES string of the molecule is O=C(NC1CCCNC1)c1cccnc1Oc1ccc(Br)cc1. The van der Waals surface area contributed by atoms with E-state index in [1.165, 1.54) is 0 Å². The van der Waals surface area contributed by atoms with Crippen molar-refractivity contribution in [3.8, 4) is 11.6 Å². The molecule has 0 spiro atoms. The van der Waals surface area contributed by atoms with Crippen molar-refractivity contribution >= 4 is 21.8 Å². The third kappa shape index (κ3) is 4.30. The van der Waals surface area contributed by atoms with E-state index in [9.17, 15) is 4.79 Å². The fourth-order valence-electron chi connectivity index (χ4n) is 2.50. The standard InChI is InChI=1S/C17H18BrN3O2/c18-12-5-7-14(8-6-12)23-17-15(4-2-10-20-17)16(22)21-13-3-1-9-19-11-13/h2,4-8,10,13,19H,1,3,9,11H2,(H,21,22). The molecule has 1 aromatic heterocycles. The number of carbonyl (C=O) groups excluding carboxylic acids is 1. The Labute approximate surface area is 143 Å². The van der Waals surface area contributed by atoms with Crippen LogP contribution in [0.2, 0.25) is 0 Å². The zero-order valence-corrected chi connectivity index (χ0v) is 14.2. The maximum absolute atomic E-state index is 12.5. The Hall–Kier alpha value is -1.92. The summed E-state index contributed by atoms with van der Waals surface area (Å²) < 4.78 is 6.73. The van der Waals surface area contributed by atoms with E-state index < -0.39 is 0 Å². The van der Waals surface area contributed by atoms with Gasteiger partial charge in [0.25, 0.3) is 5.91 Å². The van der Waals surface area contributed by atoms with Crippen molar-refractivity contribution in [2.75, 3.05) is 13.1 Å². The lowest BCUT2D eigenvalue weighted by molar-refractivity contribution is 0.0927. The van der Waals surface area contributed by atoms with E-state index in [4.69, 9.17) is 4.74 Å². The summed E-state index contributed by atoms with van der Waals surface area (Å²) in [4.78, 5) is 16.7. The minimum atomic E-state index is -0.154. The predicted octanol–water partition coefficient (Wildman–Crippen LogP) is 3.12. The number of nitrogens with zero attached hydrogens (tertiary/aromatic N) is 1. The van der Waals surface area contributed by atoms with E-state index in [-0.39, 0.29) is 11.9 Å². The molecule has 0 aliphatic carbocycles. The number of amides is 1. The highest BCUT2D eigenvalue weighted by Gasteiger charge is 2.19. The highest BCUT2D eigenvalue weighted by molar-refractivity contribution is 9.10. The molecule has 1 amide bonds. The molecule has 1 saturated heterocycles. The van der Waals surface area contributed by atoms with Crippen LogP contribution >= 0.6 is 15.9 Å². The molecule has 3 rings (SSSR count). The van der Waals surface area contributed by atoms with E-state index in [1.807, 2.05) is 24.3 Å². The molecule has 2 aromatic rings. The van der Waals surface area contributed by atoms with Gasteiger partial charge in [-0.3, -0.25) is 4.79 Å². The Morgan fingerprint density at radius 1 is 1.30 bits per heavy atom. The predicted molar refractivity (Wildman–Crippen MR) is 91.8 cm³/mol. The van der Waals surface area contributed by atoms with Crippen LogP contribution in [0.4, 0.5) is 0 Å². The van der Waals surface area contributed by atoms with Crippen molar-refractivity contribution in [2.45, 2.75) is 18.9 Å². The van der Waals surface area contributed by atoms with Gasteiger partial charge in [-0.15, -0.1) is 0 Å². The number of piperidine rings is 1. The van der Waals surface area contributed by atoms with Crippen LogP contribution in [-0.4, -0.2) is 30.0 Å². The zero-order chi connectivity index (χ0) is 16.1. The highest BCUT2D eigenvalue weighted by Crippen LogP contribution is 2.24. The number of pyridine rings is 1. The Bertz CT molecular complexity index is 670. The van der Waals surface area contributed by atoms with Crippen molar-refractivity contribution < 1.29 is 9.53 Å². The summed E-state index contributed by atoms with van der Waals surface area (Å²) in [5.74, 6) is 0.801. The molecule has 2 N–H and O–H groups in total. The molecule has 1 unspecified atom stereocenters. The minimum absolute atomic E-state index is 0.150. The molecular weight excluding hydrogens is 358 g/mol. The number of carbonyl (C=O) groups is 1. The molecule has 1 fully saturated rings. The smallest absolute Gasteiger partial charge is 0.257 e. The second kappa shape index (κ2) is 7.57. The molecule has 0 saturated carbocycles. The molecule has 0 bridgehead atoms. The summed E-state index contributed by atoms with van der Waals surface area (Å²) in [5, 5.41) is 6.33. The Morgan fingerprint density at radius 2 is 2.13 bits per heavy atom. The zero-order valence-electron chi connectivity index (χ0n) is 12.6. The van der Waals surface area contributed by atoms with E-state index in [1.54, 1.807) is 18.3 Å². The third-order valence-corrected chi connectivity index (χ3v) is 4.20. The molecule has 6 heteroatoms. The summed E-state index contributed by atoms with van der Waals surface area (Å²) in [7, 11) is 0. The average Bonchev–Trinajstić information content (AvgIpc) is 2.58. The largest absolute Gasteiger partial charge is 0.438 e. The van der Waals surface area contributed by atoms with E-state index >= 15 is 0 Å². The van der Waals surface area contributed by atoms with E-state index in [2.05, 4.69) is 31.5 Å². The topological polar surface area (TPSA) is 63.2 Å². The van der Waals surface area contributed by atoms with Gasteiger partial charge in [0, 0.05) is 23.3 Å². The van der Waals surface area contributed by atoms with Crippen LogP contribution in [0, 0.1) is 0 Å². The van der Waals surface area contributed by atoms with Gasteiger partial charge in [0.2, 0.25) is 5.88 Å². The quantitative estimate of drug-likeness (QED) is 0.861. The second-order valence-corrected chi connectivity index (χ2v) is 6.34. The number of benzene rings is 1. The van der Waals surface area contributed by atoms with Crippen LogP contribution in [-0.2, 0) is 0 Å². The van der Waals surface area contributed by atoms with Crippen LogP contribution < -0.4 is 15.4 Å². The van der Waals surface area contributed by atoms with Crippen molar-refractivity contribution in [1.82, 2.24) is 15.6 Å². The first-order valence-corrected chi connectivity index (χ1v) is 8.42. The summed E-state index contributed by atoms with van der Waals surface area (Å²) in [6, 6.07) is 11.0. The number of halogens is 1. The molecule has 5 nitrogen and oxygen atoms in total. The summed E-state index contributed by atoms with van der Waals surface area (Å²) in [5.41, 5.74) is 0.445. The van der Waals surface area contributed by atoms with Crippen LogP contribution in [0.1, 0.15) is 23.2 Å². The maximum atomic E-state index is 12.5. The lowest BCUT2D eigenvalue weighted by atomic mass is 10.1. The summed E-state index contributed by atoms with van der Waals surface area (Å²) in [6.45, 7) is 1.81. The van der Waals surface area contributed by atoms with Gasteiger partial charge in [0.15, 0.2) is 0 Å². The number of aromatic nitrogens is 1. The first-order valence-electron chi connectivity index (χ1n) is 7.62. The Balaban J connectivity index is 1.74. The van der Waals surface area contributed by atoms with Crippen molar-refractivity contribution in [3.63, 3.8) is 0 Å². The Morgan fingerprint density at radius 3 is 2.87 bits per heavy atom. The first kappa shape index (κ1) is 16.0. The van der Waals surface area contributed by atoms with E-state index in [0.717, 1.165) is 30.4 Å². The highest BCUT2D eigenvalue weighted by atomic mass is 79.9. The maximum Gasteiger partial charge on any atom is 0.257 e. The monoisotopic (exact) mass is 375 g/mol. The molecule has 1 aromatic carbocycles. The average molecular weight is 376 g/mol. The number of rotatable bonds is 4. The normalized spacial score (nSPS) is 17.5. The molecule has 1 atom stereocenters. The lowest BCUT2D eigenvalue weighted by Gasteiger charge is -2.24. The lowest BCUT2D eigenvalue weighted by Crippen LogP contribution is -2.45. The molecule has 0 radical (unpaired) electrons. The number of hydrogen-bond donors (Lipinski definition) is 2. The van der Waals surface area contributed by atoms with Crippen LogP contribution in [0.3, 0.4) is 0 Å². The summed E-state index contributed by atoms with van der Waals surface area (Å²) in [6.07, 6.45) is 3.68. The molecular formula is C17H18BrN3O2. The van der Waals surface area contributed by atoms with Crippen LogP contribution in [0.15, 0.2) is 47.1 Å². The van der Waals surface area contributed by atoms with Crippen molar-refractivity contribution in [1.29, 1.82) is 0 Å². The fraction of sp³-hybridized carbons (Fsp3) is 0.294. The number of nitrogens with one attached hydrogen (secondary N) is 2. The number of hydrogen-bond acceptors (Lipinski definition) is 4. The molecule has 23 heavy (non-hydrogen) atoms. The molecule has 1 aliphatic rings. The van der Waals surface area contributed by atoms with Gasteiger partial charge in [-0.05, 0) is 55.8 Å². The van der Waals surface area contributed by atoms with Gasteiger partial charge in [0.05, 0.1) is 0 Å². The molecule has 1 aliphatic heterocycles. The molecule has 2 heterocycles. The summed E-state index contributed by atoms with van der Waals surface area (Å²) >= 11 is 3.38. The van der Waals surface area contributed by atoms with Crippen molar-refractivity contribution in [3.05, 3.63) is 52.6 Å². The van der Waals surface area contributed by atoms with Gasteiger partial charge in [-0.25, -0.2) is 4.98 Å². The number of ether oxygens (including phenoxy) is 1. The fourth-order valence-corrected chi connectivity index (χ4v) is 2.76. The van der Waals surface area contributed by atoms with Gasteiger partial charge < -0.3 is 15.4 Å². The third-order valence-electron chi connectivity index (χ3n) is 3.68. The van der Waals surface area contributed by atoms with Gasteiger partial charge in [0.1, 0.15) is 11.3 Å².